The quantitative estimate of drug-likeness (QED) is 0.170. The lowest BCUT2D eigenvalue weighted by Gasteiger charge is -2.05. The van der Waals surface area contributed by atoms with Gasteiger partial charge in [-0.3, -0.25) is 0 Å². The molecule has 0 saturated heterocycles. The van der Waals surface area contributed by atoms with E-state index in [1.165, 1.54) is 114 Å². The third-order valence-electron chi connectivity index (χ3n) is 7.38. The molecular formula is C33H49NO2. The fraction of sp³-hybridized carbons (Fsp3) is 0.606. The van der Waals surface area contributed by atoms with Gasteiger partial charge in [0.15, 0.2) is 5.58 Å². The monoisotopic (exact) mass is 491 g/mol. The number of hydrogen-bond acceptors (Lipinski definition) is 3. The molecule has 1 N–H and O–H groups in total. The van der Waals surface area contributed by atoms with E-state index < -0.39 is 0 Å². The van der Waals surface area contributed by atoms with Gasteiger partial charge in [0.2, 0.25) is 5.89 Å². The molecule has 36 heavy (non-hydrogen) atoms. The largest absolute Gasteiger partial charge is 0.507 e. The van der Waals surface area contributed by atoms with E-state index in [0.717, 1.165) is 23.9 Å². The minimum absolute atomic E-state index is 0.235. The van der Waals surface area contributed by atoms with Crippen LogP contribution in [-0.2, 0) is 12.8 Å². The Hall–Kier alpha value is -2.29. The number of oxazole rings is 1. The Bertz CT molecular complexity index is 1010. The second-order valence-corrected chi connectivity index (χ2v) is 10.6. The number of unbranched alkanes of at least 4 members (excludes halogenated alkanes) is 14. The maximum absolute atomic E-state index is 10.5. The van der Waals surface area contributed by atoms with Crippen molar-refractivity contribution in [3.05, 3.63) is 47.5 Å². The van der Waals surface area contributed by atoms with Crippen LogP contribution in [0.1, 0.15) is 128 Å². The maximum Gasteiger partial charge on any atom is 0.231 e. The molecule has 3 nitrogen and oxygen atoms in total. The first-order chi connectivity index (χ1) is 17.7. The Kier molecular flexibility index (Phi) is 12.9. The molecule has 0 unspecified atom stereocenters. The number of rotatable bonds is 19. The SMILES string of the molecule is CCCCCCCCCCCCc1ccc2oc(-c3cc(CCCCCCCC)ccc3O)nc2c1. The molecule has 0 fully saturated rings. The van der Waals surface area contributed by atoms with Gasteiger partial charge in [-0.05, 0) is 61.1 Å². The van der Waals surface area contributed by atoms with Crippen molar-refractivity contribution in [1.29, 1.82) is 0 Å². The molecule has 1 aromatic heterocycles. The van der Waals surface area contributed by atoms with Crippen molar-refractivity contribution in [3.63, 3.8) is 0 Å². The third-order valence-corrected chi connectivity index (χ3v) is 7.38. The molecule has 0 aliphatic rings. The normalized spacial score (nSPS) is 11.5. The summed E-state index contributed by atoms with van der Waals surface area (Å²) < 4.78 is 6.05. The van der Waals surface area contributed by atoms with Crippen LogP contribution >= 0.6 is 0 Å². The van der Waals surface area contributed by atoms with E-state index in [4.69, 9.17) is 9.40 Å². The van der Waals surface area contributed by atoms with E-state index in [1.54, 1.807) is 6.07 Å². The zero-order valence-electron chi connectivity index (χ0n) is 23.0. The molecule has 2 aromatic carbocycles. The fourth-order valence-corrected chi connectivity index (χ4v) is 5.08. The number of aromatic nitrogens is 1. The molecule has 0 amide bonds. The van der Waals surface area contributed by atoms with Gasteiger partial charge in [-0.1, -0.05) is 116 Å². The molecule has 0 spiro atoms. The average Bonchev–Trinajstić information content (AvgIpc) is 3.31. The minimum Gasteiger partial charge on any atom is -0.507 e. The standard InChI is InChI=1S/C33H49NO2/c1-3-5-7-9-11-12-13-14-16-18-20-28-22-24-32-30(26-28)34-33(36-32)29-25-27(21-23-31(29)35)19-17-15-10-8-6-4-2/h21-26,35H,3-20H2,1-2H3. The van der Waals surface area contributed by atoms with Crippen LogP contribution in [0.4, 0.5) is 0 Å². The number of benzene rings is 2. The van der Waals surface area contributed by atoms with Crippen LogP contribution < -0.4 is 0 Å². The lowest BCUT2D eigenvalue weighted by atomic mass is 10.0. The van der Waals surface area contributed by atoms with E-state index in [0.29, 0.717) is 11.5 Å². The smallest absolute Gasteiger partial charge is 0.231 e. The highest BCUT2D eigenvalue weighted by atomic mass is 16.3. The Morgan fingerprint density at radius 1 is 0.611 bits per heavy atom. The highest BCUT2D eigenvalue weighted by molar-refractivity contribution is 5.78. The van der Waals surface area contributed by atoms with Gasteiger partial charge in [0.1, 0.15) is 11.3 Å². The number of aromatic hydroxyl groups is 1. The number of phenols is 1. The van der Waals surface area contributed by atoms with Crippen molar-refractivity contribution in [3.8, 4) is 17.2 Å². The summed E-state index contributed by atoms with van der Waals surface area (Å²) in [6.45, 7) is 4.53. The van der Waals surface area contributed by atoms with Crippen LogP contribution in [-0.4, -0.2) is 10.1 Å². The van der Waals surface area contributed by atoms with Crippen LogP contribution in [0.3, 0.4) is 0 Å². The molecular weight excluding hydrogens is 442 g/mol. The number of fused-ring (bicyclic) bond motifs is 1. The van der Waals surface area contributed by atoms with Crippen molar-refractivity contribution in [1.82, 2.24) is 4.98 Å². The van der Waals surface area contributed by atoms with Gasteiger partial charge in [0.05, 0.1) is 5.56 Å². The van der Waals surface area contributed by atoms with Gasteiger partial charge in [-0.15, -0.1) is 0 Å². The van der Waals surface area contributed by atoms with Gasteiger partial charge in [0, 0.05) is 0 Å². The third kappa shape index (κ3) is 9.64. The molecule has 1 heterocycles. The molecule has 0 atom stereocenters. The lowest BCUT2D eigenvalue weighted by Crippen LogP contribution is -1.89. The van der Waals surface area contributed by atoms with Gasteiger partial charge >= 0.3 is 0 Å². The number of phenolic OH excluding ortho intramolecular Hbond substituents is 1. The Balaban J connectivity index is 1.47. The molecule has 0 saturated carbocycles. The molecule has 0 aliphatic heterocycles. The lowest BCUT2D eigenvalue weighted by molar-refractivity contribution is 0.473. The summed E-state index contributed by atoms with van der Waals surface area (Å²) in [5, 5.41) is 10.5. The maximum atomic E-state index is 10.5. The molecule has 3 heteroatoms. The van der Waals surface area contributed by atoms with E-state index in [-0.39, 0.29) is 5.75 Å². The topological polar surface area (TPSA) is 46.3 Å². The molecule has 0 radical (unpaired) electrons. The van der Waals surface area contributed by atoms with E-state index in [1.807, 2.05) is 12.1 Å². The average molecular weight is 492 g/mol. The van der Waals surface area contributed by atoms with Crippen molar-refractivity contribution < 1.29 is 9.52 Å². The number of hydrogen-bond donors (Lipinski definition) is 1. The van der Waals surface area contributed by atoms with Gasteiger partial charge in [0.25, 0.3) is 0 Å². The first-order valence-corrected chi connectivity index (χ1v) is 14.9. The Labute approximate surface area is 219 Å². The van der Waals surface area contributed by atoms with Crippen LogP contribution in [0, 0.1) is 0 Å². The Morgan fingerprint density at radius 3 is 1.69 bits per heavy atom. The summed E-state index contributed by atoms with van der Waals surface area (Å²) in [6, 6.07) is 12.2. The van der Waals surface area contributed by atoms with Gasteiger partial charge in [-0.2, -0.15) is 0 Å². The minimum atomic E-state index is 0.235. The highest BCUT2D eigenvalue weighted by Gasteiger charge is 2.14. The number of nitrogens with zero attached hydrogens (tertiary/aromatic N) is 1. The molecule has 0 bridgehead atoms. The summed E-state index contributed by atoms with van der Waals surface area (Å²) in [7, 11) is 0. The summed E-state index contributed by atoms with van der Waals surface area (Å²) in [4.78, 5) is 4.75. The number of aryl methyl sites for hydroxylation is 2. The van der Waals surface area contributed by atoms with E-state index >= 15 is 0 Å². The van der Waals surface area contributed by atoms with Crippen LogP contribution in [0.15, 0.2) is 40.8 Å². The van der Waals surface area contributed by atoms with Crippen molar-refractivity contribution in [2.24, 2.45) is 0 Å². The zero-order chi connectivity index (χ0) is 25.4. The zero-order valence-corrected chi connectivity index (χ0v) is 23.0. The van der Waals surface area contributed by atoms with E-state index in [9.17, 15) is 5.11 Å². The van der Waals surface area contributed by atoms with E-state index in [2.05, 4.69) is 32.0 Å². The summed E-state index contributed by atoms with van der Waals surface area (Å²) in [6.07, 6.45) is 23.4. The predicted molar refractivity (Wildman–Crippen MR) is 154 cm³/mol. The van der Waals surface area contributed by atoms with Gasteiger partial charge in [-0.25, -0.2) is 4.98 Å². The molecule has 3 rings (SSSR count). The van der Waals surface area contributed by atoms with Crippen LogP contribution in [0.25, 0.3) is 22.6 Å². The van der Waals surface area contributed by atoms with Gasteiger partial charge < -0.3 is 9.52 Å². The second kappa shape index (κ2) is 16.5. The Morgan fingerprint density at radius 2 is 1.11 bits per heavy atom. The molecule has 198 valence electrons. The fourth-order valence-electron chi connectivity index (χ4n) is 5.08. The van der Waals surface area contributed by atoms with Crippen LogP contribution in [0.2, 0.25) is 0 Å². The molecule has 3 aromatic rings. The first-order valence-electron chi connectivity index (χ1n) is 14.9. The highest BCUT2D eigenvalue weighted by Crippen LogP contribution is 2.32. The summed E-state index contributed by atoms with van der Waals surface area (Å²) in [5.41, 5.74) is 4.93. The van der Waals surface area contributed by atoms with Crippen molar-refractivity contribution in [2.75, 3.05) is 0 Å². The van der Waals surface area contributed by atoms with Crippen molar-refractivity contribution in [2.45, 2.75) is 129 Å². The second-order valence-electron chi connectivity index (χ2n) is 10.6. The first kappa shape index (κ1) is 28.3. The molecule has 0 aliphatic carbocycles. The van der Waals surface area contributed by atoms with Crippen molar-refractivity contribution >= 4 is 11.1 Å². The summed E-state index contributed by atoms with van der Waals surface area (Å²) >= 11 is 0. The summed E-state index contributed by atoms with van der Waals surface area (Å²) in [5.74, 6) is 0.752. The van der Waals surface area contributed by atoms with Crippen LogP contribution in [0.5, 0.6) is 5.75 Å². The predicted octanol–water partition coefficient (Wildman–Crippen LogP) is 10.6.